The Morgan fingerprint density at radius 1 is 0.875 bits per heavy atom. The van der Waals surface area contributed by atoms with Crippen LogP contribution in [0, 0.1) is 0 Å². The standard InChI is InChI=1S/C26H22N2O3S/c1-31-24-10-6-5-9-21(24)23(29)15-16-25(30)27-20-13-11-18(12-14-20)22-17-32-26(28-22)19-7-3-2-4-8-19/h2-14,17H,15-16H2,1H3,(H,27,30). The maximum Gasteiger partial charge on any atom is 0.224 e. The first-order valence-corrected chi connectivity index (χ1v) is 11.1. The minimum Gasteiger partial charge on any atom is -0.496 e. The number of ketones is 1. The molecule has 6 heteroatoms. The van der Waals surface area contributed by atoms with Crippen LogP contribution in [0.25, 0.3) is 21.8 Å². The van der Waals surface area contributed by atoms with Crippen molar-refractivity contribution >= 4 is 28.7 Å². The molecule has 160 valence electrons. The van der Waals surface area contributed by atoms with Crippen LogP contribution in [0.15, 0.2) is 84.2 Å². The number of aromatic nitrogens is 1. The number of ether oxygens (including phenoxy) is 1. The van der Waals surface area contributed by atoms with Crippen molar-refractivity contribution in [3.8, 4) is 27.6 Å². The molecule has 0 bridgehead atoms. The van der Waals surface area contributed by atoms with Gasteiger partial charge in [-0.3, -0.25) is 9.59 Å². The summed E-state index contributed by atoms with van der Waals surface area (Å²) in [6.45, 7) is 0. The number of anilines is 1. The van der Waals surface area contributed by atoms with Crippen molar-refractivity contribution in [2.24, 2.45) is 0 Å². The van der Waals surface area contributed by atoms with Gasteiger partial charge >= 0.3 is 0 Å². The number of nitrogens with one attached hydrogen (secondary N) is 1. The monoisotopic (exact) mass is 442 g/mol. The van der Waals surface area contributed by atoms with E-state index < -0.39 is 0 Å². The highest BCUT2D eigenvalue weighted by atomic mass is 32.1. The van der Waals surface area contributed by atoms with Crippen molar-refractivity contribution in [1.29, 1.82) is 0 Å². The van der Waals surface area contributed by atoms with Gasteiger partial charge in [-0.05, 0) is 24.3 Å². The normalized spacial score (nSPS) is 10.5. The maximum atomic E-state index is 12.4. The van der Waals surface area contributed by atoms with E-state index in [1.165, 1.54) is 7.11 Å². The third-order valence-corrected chi connectivity index (χ3v) is 5.87. The molecule has 0 aliphatic carbocycles. The fourth-order valence-corrected chi connectivity index (χ4v) is 4.14. The molecule has 4 rings (SSSR count). The van der Waals surface area contributed by atoms with Crippen LogP contribution in [0.3, 0.4) is 0 Å². The zero-order chi connectivity index (χ0) is 22.3. The number of carbonyl (C=O) groups excluding carboxylic acids is 2. The van der Waals surface area contributed by atoms with Crippen molar-refractivity contribution in [2.45, 2.75) is 12.8 Å². The third-order valence-electron chi connectivity index (χ3n) is 4.98. The lowest BCUT2D eigenvalue weighted by atomic mass is 10.1. The second-order valence-corrected chi connectivity index (χ2v) is 8.01. The van der Waals surface area contributed by atoms with Crippen molar-refractivity contribution in [3.05, 3.63) is 89.8 Å². The number of nitrogens with zero attached hydrogens (tertiary/aromatic N) is 1. The molecule has 0 fully saturated rings. The van der Waals surface area contributed by atoms with Crippen molar-refractivity contribution in [3.63, 3.8) is 0 Å². The summed E-state index contributed by atoms with van der Waals surface area (Å²) in [5, 5.41) is 5.84. The van der Waals surface area contributed by atoms with E-state index in [2.05, 4.69) is 5.32 Å². The van der Waals surface area contributed by atoms with Crippen LogP contribution in [-0.2, 0) is 4.79 Å². The maximum absolute atomic E-state index is 12.4. The zero-order valence-corrected chi connectivity index (χ0v) is 18.4. The van der Waals surface area contributed by atoms with Gasteiger partial charge in [-0.25, -0.2) is 4.98 Å². The highest BCUT2D eigenvalue weighted by molar-refractivity contribution is 7.13. The number of Topliss-reactive ketones (excluding diaryl/α,β-unsaturated/α-hetero) is 1. The van der Waals surface area contributed by atoms with Gasteiger partial charge in [-0.15, -0.1) is 11.3 Å². The molecule has 32 heavy (non-hydrogen) atoms. The van der Waals surface area contributed by atoms with Crippen LogP contribution in [0.5, 0.6) is 5.75 Å². The van der Waals surface area contributed by atoms with Gasteiger partial charge in [-0.1, -0.05) is 54.6 Å². The van der Waals surface area contributed by atoms with E-state index >= 15 is 0 Å². The lowest BCUT2D eigenvalue weighted by molar-refractivity contribution is -0.116. The van der Waals surface area contributed by atoms with Crippen LogP contribution in [0.4, 0.5) is 5.69 Å². The topological polar surface area (TPSA) is 68.3 Å². The molecule has 0 spiro atoms. The molecule has 0 saturated heterocycles. The van der Waals surface area contributed by atoms with Crippen LogP contribution in [0.2, 0.25) is 0 Å². The minimum absolute atomic E-state index is 0.102. The van der Waals surface area contributed by atoms with Gasteiger partial charge in [0.2, 0.25) is 5.91 Å². The average molecular weight is 443 g/mol. The highest BCUT2D eigenvalue weighted by Crippen LogP contribution is 2.29. The molecular formula is C26H22N2O3S. The molecule has 1 aromatic heterocycles. The largest absolute Gasteiger partial charge is 0.496 e. The lowest BCUT2D eigenvalue weighted by Gasteiger charge is -2.08. The van der Waals surface area contributed by atoms with Crippen molar-refractivity contribution in [2.75, 3.05) is 12.4 Å². The fourth-order valence-electron chi connectivity index (χ4n) is 3.30. The number of amides is 1. The van der Waals surface area contributed by atoms with Crippen LogP contribution >= 0.6 is 11.3 Å². The van der Waals surface area contributed by atoms with E-state index in [0.29, 0.717) is 17.0 Å². The Morgan fingerprint density at radius 3 is 2.34 bits per heavy atom. The van der Waals surface area contributed by atoms with Gasteiger partial charge in [0.05, 0.1) is 18.4 Å². The molecule has 0 radical (unpaired) electrons. The van der Waals surface area contributed by atoms with E-state index in [4.69, 9.17) is 9.72 Å². The summed E-state index contributed by atoms with van der Waals surface area (Å²) in [7, 11) is 1.52. The number of para-hydroxylation sites is 1. The minimum atomic E-state index is -0.207. The molecule has 0 aliphatic rings. The Morgan fingerprint density at radius 2 is 1.59 bits per heavy atom. The quantitative estimate of drug-likeness (QED) is 0.335. The molecule has 3 aromatic carbocycles. The Bertz CT molecular complexity index is 1220. The molecule has 0 unspecified atom stereocenters. The van der Waals surface area contributed by atoms with Crippen LogP contribution < -0.4 is 10.1 Å². The number of thiazole rings is 1. The van der Waals surface area contributed by atoms with Gasteiger partial charge in [0.15, 0.2) is 5.78 Å². The Hall–Kier alpha value is -3.77. The van der Waals surface area contributed by atoms with E-state index in [1.54, 1.807) is 35.6 Å². The van der Waals surface area contributed by atoms with Gasteiger partial charge in [0.1, 0.15) is 10.8 Å². The van der Waals surface area contributed by atoms with Crippen molar-refractivity contribution in [1.82, 2.24) is 4.98 Å². The highest BCUT2D eigenvalue weighted by Gasteiger charge is 2.14. The van der Waals surface area contributed by atoms with E-state index in [9.17, 15) is 9.59 Å². The molecule has 1 heterocycles. The van der Waals surface area contributed by atoms with Gasteiger partial charge in [0.25, 0.3) is 0 Å². The number of carbonyl (C=O) groups is 2. The molecule has 1 N–H and O–H groups in total. The van der Waals surface area contributed by atoms with E-state index in [-0.39, 0.29) is 24.5 Å². The predicted octanol–water partition coefficient (Wildman–Crippen LogP) is 6.09. The smallest absolute Gasteiger partial charge is 0.224 e. The molecule has 0 aliphatic heterocycles. The number of rotatable bonds is 8. The predicted molar refractivity (Wildman–Crippen MR) is 128 cm³/mol. The van der Waals surface area contributed by atoms with Crippen molar-refractivity contribution < 1.29 is 14.3 Å². The van der Waals surface area contributed by atoms with Crippen LogP contribution in [0.1, 0.15) is 23.2 Å². The van der Waals surface area contributed by atoms with E-state index in [0.717, 1.165) is 21.8 Å². The Balaban J connectivity index is 1.34. The second kappa shape index (κ2) is 10.0. The molecule has 4 aromatic rings. The summed E-state index contributed by atoms with van der Waals surface area (Å²) in [5.74, 6) is 0.192. The SMILES string of the molecule is COc1ccccc1C(=O)CCC(=O)Nc1ccc(-c2csc(-c3ccccc3)n2)cc1. The molecule has 0 saturated carbocycles. The third kappa shape index (κ3) is 5.10. The first-order valence-electron chi connectivity index (χ1n) is 10.2. The zero-order valence-electron chi connectivity index (χ0n) is 17.6. The number of methoxy groups -OCH3 is 1. The lowest BCUT2D eigenvalue weighted by Crippen LogP contribution is -2.13. The summed E-state index contributed by atoms with van der Waals surface area (Å²) >= 11 is 1.60. The average Bonchev–Trinajstić information content (AvgIpc) is 3.34. The molecule has 5 nitrogen and oxygen atoms in total. The molecular weight excluding hydrogens is 420 g/mol. The number of hydrogen-bond acceptors (Lipinski definition) is 5. The first kappa shape index (κ1) is 21.5. The van der Waals surface area contributed by atoms with Crippen LogP contribution in [-0.4, -0.2) is 23.8 Å². The molecule has 0 atom stereocenters. The summed E-state index contributed by atoms with van der Waals surface area (Å²) in [6, 6.07) is 24.6. The summed E-state index contributed by atoms with van der Waals surface area (Å²) < 4.78 is 5.22. The first-order chi connectivity index (χ1) is 15.6. The summed E-state index contributed by atoms with van der Waals surface area (Å²) in [6.07, 6.45) is 0.219. The Labute approximate surface area is 190 Å². The summed E-state index contributed by atoms with van der Waals surface area (Å²) in [4.78, 5) is 29.5. The summed E-state index contributed by atoms with van der Waals surface area (Å²) in [5.41, 5.74) is 4.14. The number of hydrogen-bond donors (Lipinski definition) is 1. The Kier molecular flexibility index (Phi) is 6.72. The van der Waals surface area contributed by atoms with Gasteiger partial charge in [-0.2, -0.15) is 0 Å². The number of benzene rings is 3. The molecule has 1 amide bonds. The van der Waals surface area contributed by atoms with E-state index in [1.807, 2.05) is 60.0 Å². The fraction of sp³-hybridized carbons (Fsp3) is 0.115. The van der Waals surface area contributed by atoms with Gasteiger partial charge < -0.3 is 10.1 Å². The van der Waals surface area contributed by atoms with Gasteiger partial charge in [0, 0.05) is 35.0 Å². The second-order valence-electron chi connectivity index (χ2n) is 7.15.